The molecule has 0 amide bonds. The average molecular weight is 226 g/mol. The summed E-state index contributed by atoms with van der Waals surface area (Å²) in [6.45, 7) is 6.00. The summed E-state index contributed by atoms with van der Waals surface area (Å²) in [5.74, 6) is 0.322. The van der Waals surface area contributed by atoms with Gasteiger partial charge in [-0.3, -0.25) is 4.98 Å². The van der Waals surface area contributed by atoms with Gasteiger partial charge < -0.3 is 14.6 Å². The van der Waals surface area contributed by atoms with Gasteiger partial charge in [-0.25, -0.2) is 4.98 Å². The number of nitrogens with zero attached hydrogens (tertiary/aromatic N) is 2. The number of methoxy groups -OCH3 is 1. The molecule has 0 aromatic carbocycles. The molecular formula is C11H18N2O3. The van der Waals surface area contributed by atoms with Gasteiger partial charge in [0.2, 0.25) is 5.88 Å². The molecule has 1 rings (SSSR count). The molecule has 0 aliphatic rings. The lowest BCUT2D eigenvalue weighted by Gasteiger charge is -2.30. The van der Waals surface area contributed by atoms with E-state index in [4.69, 9.17) is 9.47 Å². The lowest BCUT2D eigenvalue weighted by molar-refractivity contribution is -0.101. The summed E-state index contributed by atoms with van der Waals surface area (Å²) in [4.78, 5) is 8.07. The standard InChI is InChI=1S/C11H18N2O3/c1-5-16-11(2,3)9(14)8-10(15-4)13-7-6-12-8/h6-7,9,14H,5H2,1-4H3. The van der Waals surface area contributed by atoms with E-state index in [0.29, 0.717) is 18.2 Å². The minimum atomic E-state index is -0.879. The molecular weight excluding hydrogens is 208 g/mol. The van der Waals surface area contributed by atoms with E-state index in [-0.39, 0.29) is 0 Å². The largest absolute Gasteiger partial charge is 0.480 e. The first-order valence-electron chi connectivity index (χ1n) is 5.19. The van der Waals surface area contributed by atoms with Crippen molar-refractivity contribution in [2.75, 3.05) is 13.7 Å². The fraction of sp³-hybridized carbons (Fsp3) is 0.636. The van der Waals surface area contributed by atoms with Gasteiger partial charge in [-0.1, -0.05) is 0 Å². The molecule has 1 atom stereocenters. The summed E-state index contributed by atoms with van der Waals surface area (Å²) in [5.41, 5.74) is -0.332. The minimum absolute atomic E-state index is 0.322. The number of aliphatic hydroxyl groups excluding tert-OH is 1. The minimum Gasteiger partial charge on any atom is -0.480 e. The Hall–Kier alpha value is -1.20. The van der Waals surface area contributed by atoms with Crippen LogP contribution in [0.15, 0.2) is 12.4 Å². The summed E-state index contributed by atoms with van der Waals surface area (Å²) in [7, 11) is 1.49. The van der Waals surface area contributed by atoms with Gasteiger partial charge in [0.05, 0.1) is 12.7 Å². The van der Waals surface area contributed by atoms with Crippen LogP contribution in [0.25, 0.3) is 0 Å². The molecule has 1 heterocycles. The van der Waals surface area contributed by atoms with Crippen LogP contribution >= 0.6 is 0 Å². The quantitative estimate of drug-likeness (QED) is 0.820. The summed E-state index contributed by atoms with van der Waals surface area (Å²) in [5, 5.41) is 10.2. The molecule has 1 aromatic rings. The average Bonchev–Trinajstić information content (AvgIpc) is 2.28. The number of aliphatic hydroxyl groups is 1. The first-order valence-corrected chi connectivity index (χ1v) is 5.19. The van der Waals surface area contributed by atoms with E-state index >= 15 is 0 Å². The Morgan fingerprint density at radius 1 is 1.38 bits per heavy atom. The zero-order valence-corrected chi connectivity index (χ0v) is 10.1. The van der Waals surface area contributed by atoms with Gasteiger partial charge >= 0.3 is 0 Å². The second kappa shape index (κ2) is 5.23. The Kier molecular flexibility index (Phi) is 4.20. The Bertz CT molecular complexity index is 342. The zero-order valence-electron chi connectivity index (χ0n) is 10.1. The molecule has 0 fully saturated rings. The van der Waals surface area contributed by atoms with Crippen molar-refractivity contribution >= 4 is 0 Å². The van der Waals surface area contributed by atoms with E-state index in [1.54, 1.807) is 13.8 Å². The second-order valence-electron chi connectivity index (χ2n) is 3.89. The molecule has 0 saturated heterocycles. The second-order valence-corrected chi connectivity index (χ2v) is 3.89. The van der Waals surface area contributed by atoms with Crippen LogP contribution in [0.2, 0.25) is 0 Å². The third-order valence-electron chi connectivity index (χ3n) is 2.32. The summed E-state index contributed by atoms with van der Waals surface area (Å²) >= 11 is 0. The third kappa shape index (κ3) is 2.68. The van der Waals surface area contributed by atoms with Crippen LogP contribution in [0, 0.1) is 0 Å². The van der Waals surface area contributed by atoms with Crippen LogP contribution in [0.3, 0.4) is 0 Å². The molecule has 0 aliphatic carbocycles. The van der Waals surface area contributed by atoms with Crippen molar-refractivity contribution in [3.63, 3.8) is 0 Å². The van der Waals surface area contributed by atoms with Gasteiger partial charge in [-0.15, -0.1) is 0 Å². The Morgan fingerprint density at radius 3 is 2.56 bits per heavy atom. The number of rotatable bonds is 5. The summed E-state index contributed by atoms with van der Waals surface area (Å²) in [6.07, 6.45) is 2.15. The van der Waals surface area contributed by atoms with Gasteiger partial charge in [-0.05, 0) is 20.8 Å². The topological polar surface area (TPSA) is 64.5 Å². The highest BCUT2D eigenvalue weighted by Gasteiger charge is 2.33. The van der Waals surface area contributed by atoms with Crippen molar-refractivity contribution < 1.29 is 14.6 Å². The molecule has 90 valence electrons. The van der Waals surface area contributed by atoms with Crippen molar-refractivity contribution in [1.29, 1.82) is 0 Å². The van der Waals surface area contributed by atoms with E-state index in [1.807, 2.05) is 6.92 Å². The van der Waals surface area contributed by atoms with Crippen LogP contribution < -0.4 is 4.74 Å². The van der Waals surface area contributed by atoms with Crippen molar-refractivity contribution in [3.8, 4) is 5.88 Å². The van der Waals surface area contributed by atoms with Crippen LogP contribution in [-0.2, 0) is 4.74 Å². The predicted molar refractivity (Wildman–Crippen MR) is 59.2 cm³/mol. The molecule has 5 heteroatoms. The van der Waals surface area contributed by atoms with E-state index < -0.39 is 11.7 Å². The first-order chi connectivity index (χ1) is 7.53. The fourth-order valence-corrected chi connectivity index (χ4v) is 1.46. The summed E-state index contributed by atoms with van der Waals surface area (Å²) < 4.78 is 10.5. The Labute approximate surface area is 95.4 Å². The zero-order chi connectivity index (χ0) is 12.2. The normalized spacial score (nSPS) is 13.6. The van der Waals surface area contributed by atoms with Crippen molar-refractivity contribution in [2.24, 2.45) is 0 Å². The molecule has 0 saturated carbocycles. The van der Waals surface area contributed by atoms with E-state index in [0.717, 1.165) is 0 Å². The molecule has 5 nitrogen and oxygen atoms in total. The summed E-state index contributed by atoms with van der Waals surface area (Å²) in [6, 6.07) is 0. The highest BCUT2D eigenvalue weighted by Crippen LogP contribution is 2.31. The number of hydrogen-bond acceptors (Lipinski definition) is 5. The van der Waals surface area contributed by atoms with Crippen LogP contribution in [-0.4, -0.2) is 34.4 Å². The highest BCUT2D eigenvalue weighted by molar-refractivity contribution is 5.21. The van der Waals surface area contributed by atoms with E-state index in [9.17, 15) is 5.11 Å². The maximum atomic E-state index is 10.2. The first kappa shape index (κ1) is 12.9. The smallest absolute Gasteiger partial charge is 0.238 e. The monoisotopic (exact) mass is 226 g/mol. The van der Waals surface area contributed by atoms with Crippen molar-refractivity contribution in [1.82, 2.24) is 9.97 Å². The van der Waals surface area contributed by atoms with Gasteiger partial charge in [0.25, 0.3) is 0 Å². The van der Waals surface area contributed by atoms with Gasteiger partial charge in [0.1, 0.15) is 11.8 Å². The number of ether oxygens (including phenoxy) is 2. The maximum absolute atomic E-state index is 10.2. The van der Waals surface area contributed by atoms with Gasteiger partial charge in [0, 0.05) is 19.0 Å². The van der Waals surface area contributed by atoms with Crippen LogP contribution in [0.4, 0.5) is 0 Å². The van der Waals surface area contributed by atoms with E-state index in [1.165, 1.54) is 19.5 Å². The predicted octanol–water partition coefficient (Wildman–Crippen LogP) is 1.33. The Morgan fingerprint density at radius 2 is 2.00 bits per heavy atom. The molecule has 1 N–H and O–H groups in total. The van der Waals surface area contributed by atoms with Crippen molar-refractivity contribution in [2.45, 2.75) is 32.5 Å². The maximum Gasteiger partial charge on any atom is 0.238 e. The van der Waals surface area contributed by atoms with Crippen molar-refractivity contribution in [3.05, 3.63) is 18.1 Å². The highest BCUT2D eigenvalue weighted by atomic mass is 16.5. The number of aromatic nitrogens is 2. The van der Waals surface area contributed by atoms with Gasteiger partial charge in [-0.2, -0.15) is 0 Å². The third-order valence-corrected chi connectivity index (χ3v) is 2.32. The van der Waals surface area contributed by atoms with Crippen LogP contribution in [0.5, 0.6) is 5.88 Å². The fourth-order valence-electron chi connectivity index (χ4n) is 1.46. The Balaban J connectivity index is 2.99. The lowest BCUT2D eigenvalue weighted by atomic mass is 9.98. The number of hydrogen-bond donors (Lipinski definition) is 1. The molecule has 1 unspecified atom stereocenters. The molecule has 0 bridgehead atoms. The molecule has 0 spiro atoms. The van der Waals surface area contributed by atoms with E-state index in [2.05, 4.69) is 9.97 Å². The lowest BCUT2D eigenvalue weighted by Crippen LogP contribution is -2.33. The molecule has 16 heavy (non-hydrogen) atoms. The molecule has 0 radical (unpaired) electrons. The van der Waals surface area contributed by atoms with Gasteiger partial charge in [0.15, 0.2) is 0 Å². The molecule has 0 aliphatic heterocycles. The van der Waals surface area contributed by atoms with Crippen LogP contribution in [0.1, 0.15) is 32.6 Å². The molecule has 1 aromatic heterocycles. The SMILES string of the molecule is CCOC(C)(C)C(O)c1nccnc1OC.